The minimum Gasteiger partial charge on any atom is -0.479 e. The Morgan fingerprint density at radius 1 is 1.64 bits per heavy atom. The summed E-state index contributed by atoms with van der Waals surface area (Å²) in [7, 11) is 1.41. The molecule has 0 spiro atoms. The van der Waals surface area contributed by atoms with Gasteiger partial charge in [0.05, 0.1) is 0 Å². The van der Waals surface area contributed by atoms with Gasteiger partial charge in [0.15, 0.2) is 5.84 Å². The van der Waals surface area contributed by atoms with Crippen LogP contribution in [-0.4, -0.2) is 42.4 Å². The lowest BCUT2D eigenvalue weighted by atomic mass is 10.3. The summed E-state index contributed by atoms with van der Waals surface area (Å²) in [6.45, 7) is 0. The highest BCUT2D eigenvalue weighted by Crippen LogP contribution is 1.96. The molecule has 8 heteroatoms. The molecule has 2 amide bonds. The second kappa shape index (κ2) is 4.21. The molecule has 0 saturated heterocycles. The molecule has 0 saturated carbocycles. The second-order valence-corrected chi connectivity index (χ2v) is 2.35. The van der Waals surface area contributed by atoms with E-state index in [0.717, 1.165) is 6.34 Å². The molecule has 76 valence electrons. The third kappa shape index (κ3) is 2.19. The Morgan fingerprint density at radius 3 is 2.93 bits per heavy atom. The highest BCUT2D eigenvalue weighted by atomic mass is 16.4. The van der Waals surface area contributed by atoms with Crippen LogP contribution in [0.2, 0.25) is 0 Å². The van der Waals surface area contributed by atoms with Crippen LogP contribution in [0, 0.1) is 0 Å². The van der Waals surface area contributed by atoms with Crippen molar-refractivity contribution < 1.29 is 14.7 Å². The first-order valence-corrected chi connectivity index (χ1v) is 3.71. The van der Waals surface area contributed by atoms with Crippen molar-refractivity contribution in [2.24, 2.45) is 10.1 Å². The Bertz CT molecular complexity index is 311. The summed E-state index contributed by atoms with van der Waals surface area (Å²) in [5.74, 6) is -1.24. The van der Waals surface area contributed by atoms with Crippen molar-refractivity contribution in [3.8, 4) is 0 Å². The second-order valence-electron chi connectivity index (χ2n) is 2.35. The molecule has 1 atom stereocenters. The van der Waals surface area contributed by atoms with E-state index in [1.807, 2.05) is 0 Å². The molecule has 0 aromatic heterocycles. The summed E-state index contributed by atoms with van der Waals surface area (Å²) in [5, 5.41) is 16.8. The van der Waals surface area contributed by atoms with Crippen molar-refractivity contribution >= 4 is 24.2 Å². The third-order valence-corrected chi connectivity index (χ3v) is 1.43. The van der Waals surface area contributed by atoms with E-state index in [-0.39, 0.29) is 5.84 Å². The van der Waals surface area contributed by atoms with E-state index in [2.05, 4.69) is 26.2 Å². The van der Waals surface area contributed by atoms with Gasteiger partial charge in [-0.1, -0.05) is 0 Å². The molecule has 0 aromatic carbocycles. The van der Waals surface area contributed by atoms with E-state index in [1.54, 1.807) is 0 Å². The number of aliphatic carboxylic acids is 1. The van der Waals surface area contributed by atoms with Crippen molar-refractivity contribution in [2.45, 2.75) is 6.04 Å². The first kappa shape index (κ1) is 9.96. The number of aliphatic imine (C=N–C) groups is 1. The number of carboxylic acid groups (broad SMARTS) is 1. The van der Waals surface area contributed by atoms with Gasteiger partial charge in [0, 0.05) is 7.05 Å². The third-order valence-electron chi connectivity index (χ3n) is 1.43. The number of carbonyl (C=O) groups is 2. The van der Waals surface area contributed by atoms with Gasteiger partial charge in [0.1, 0.15) is 6.34 Å². The summed E-state index contributed by atoms with van der Waals surface area (Å²) in [4.78, 5) is 25.1. The molecular weight excluding hydrogens is 190 g/mol. The smallest absolute Gasteiger partial charge is 0.336 e. The Balaban J connectivity index is 2.70. The number of amides is 2. The van der Waals surface area contributed by atoms with Crippen molar-refractivity contribution in [3.05, 3.63) is 0 Å². The van der Waals surface area contributed by atoms with E-state index in [1.165, 1.54) is 7.05 Å². The van der Waals surface area contributed by atoms with Crippen LogP contribution in [0.15, 0.2) is 10.1 Å². The van der Waals surface area contributed by atoms with E-state index in [9.17, 15) is 9.59 Å². The average Bonchev–Trinajstić information content (AvgIpc) is 2.18. The van der Waals surface area contributed by atoms with Crippen LogP contribution < -0.4 is 16.1 Å². The van der Waals surface area contributed by atoms with Gasteiger partial charge < -0.3 is 10.4 Å². The Hall–Kier alpha value is -2.12. The molecule has 0 aliphatic carbocycles. The summed E-state index contributed by atoms with van der Waals surface area (Å²) in [6.07, 6.45) is 1.15. The fraction of sp³-hybridized carbons (Fsp3) is 0.333. The van der Waals surface area contributed by atoms with Crippen LogP contribution in [0.25, 0.3) is 0 Å². The highest BCUT2D eigenvalue weighted by Gasteiger charge is 2.26. The number of hydrazone groups is 1. The van der Waals surface area contributed by atoms with Crippen LogP contribution in [0.4, 0.5) is 4.79 Å². The van der Waals surface area contributed by atoms with Gasteiger partial charge in [0.25, 0.3) is 0 Å². The number of nitrogens with one attached hydrogen (secondary N) is 3. The van der Waals surface area contributed by atoms with E-state index >= 15 is 0 Å². The number of nitrogens with zero attached hydrogens (tertiary/aromatic N) is 2. The van der Waals surface area contributed by atoms with Crippen LogP contribution in [0.5, 0.6) is 0 Å². The molecule has 0 radical (unpaired) electrons. The lowest BCUT2D eigenvalue weighted by Gasteiger charge is -2.14. The molecule has 1 aliphatic rings. The predicted molar refractivity (Wildman–Crippen MR) is 48.1 cm³/mol. The van der Waals surface area contributed by atoms with Gasteiger partial charge in [0.2, 0.25) is 6.04 Å². The van der Waals surface area contributed by atoms with Gasteiger partial charge in [-0.15, -0.1) is 0 Å². The lowest BCUT2D eigenvalue weighted by molar-refractivity contribution is -0.136. The van der Waals surface area contributed by atoms with Gasteiger partial charge in [-0.3, -0.25) is 15.7 Å². The van der Waals surface area contributed by atoms with Crippen LogP contribution in [0.1, 0.15) is 0 Å². The largest absolute Gasteiger partial charge is 0.479 e. The number of amidine groups is 1. The molecule has 0 fully saturated rings. The van der Waals surface area contributed by atoms with Gasteiger partial charge in [-0.25, -0.2) is 9.59 Å². The quantitative estimate of drug-likeness (QED) is 0.403. The van der Waals surface area contributed by atoms with Crippen molar-refractivity contribution in [2.75, 3.05) is 7.05 Å². The lowest BCUT2D eigenvalue weighted by Crippen LogP contribution is -2.47. The maximum Gasteiger partial charge on any atom is 0.336 e. The normalized spacial score (nSPS) is 19.2. The first-order valence-electron chi connectivity index (χ1n) is 3.71. The standard InChI is InChI=1S/C6H9N5O3/c1-7-6(14)10-4-3(5(12)13)8-2-9-11-4/h2-3H,1H3,(H,8,9)(H,12,13)(H2,7,10,11,14)/t3-/m0/s1. The average molecular weight is 199 g/mol. The molecule has 14 heavy (non-hydrogen) atoms. The monoisotopic (exact) mass is 199 g/mol. The van der Waals surface area contributed by atoms with Crippen molar-refractivity contribution in [3.63, 3.8) is 0 Å². The van der Waals surface area contributed by atoms with E-state index in [0.29, 0.717) is 0 Å². The topological polar surface area (TPSA) is 115 Å². The summed E-state index contributed by atoms with van der Waals surface area (Å²) >= 11 is 0. The van der Waals surface area contributed by atoms with Gasteiger partial charge >= 0.3 is 12.0 Å². The molecular formula is C6H9N5O3. The molecule has 0 aromatic rings. The fourth-order valence-corrected chi connectivity index (χ4v) is 0.794. The Labute approximate surface area is 79.1 Å². The predicted octanol–water partition coefficient (Wildman–Crippen LogP) is -1.69. The number of rotatable bonds is 1. The van der Waals surface area contributed by atoms with Crippen LogP contribution >= 0.6 is 0 Å². The van der Waals surface area contributed by atoms with Crippen molar-refractivity contribution in [1.29, 1.82) is 0 Å². The zero-order valence-corrected chi connectivity index (χ0v) is 7.31. The first-order chi connectivity index (χ1) is 6.65. The van der Waals surface area contributed by atoms with Crippen LogP contribution in [-0.2, 0) is 4.79 Å². The fourth-order valence-electron chi connectivity index (χ4n) is 0.794. The molecule has 0 unspecified atom stereocenters. The Morgan fingerprint density at radius 2 is 2.36 bits per heavy atom. The van der Waals surface area contributed by atoms with Gasteiger partial charge in [-0.05, 0) is 0 Å². The summed E-state index contributed by atoms with van der Waals surface area (Å²) in [6, 6.07) is -1.72. The summed E-state index contributed by atoms with van der Waals surface area (Å²) < 4.78 is 0. The molecule has 4 N–H and O–H groups in total. The molecule has 1 heterocycles. The maximum atomic E-state index is 10.9. The maximum absolute atomic E-state index is 10.9. The number of carboxylic acids is 1. The van der Waals surface area contributed by atoms with E-state index in [4.69, 9.17) is 5.11 Å². The summed E-state index contributed by atoms with van der Waals surface area (Å²) in [5.41, 5.74) is 2.34. The zero-order chi connectivity index (χ0) is 10.6. The Kier molecular flexibility index (Phi) is 3.00. The molecule has 8 nitrogen and oxygen atoms in total. The number of hydrogen-bond acceptors (Lipinski definition) is 5. The number of carbonyl (C=O) groups excluding carboxylic acids is 1. The van der Waals surface area contributed by atoms with E-state index < -0.39 is 18.0 Å². The van der Waals surface area contributed by atoms with Gasteiger partial charge in [-0.2, -0.15) is 5.10 Å². The molecule has 1 rings (SSSR count). The number of hydrogen-bond donors (Lipinski definition) is 4. The van der Waals surface area contributed by atoms with Crippen molar-refractivity contribution in [1.82, 2.24) is 16.1 Å². The molecule has 1 aliphatic heterocycles. The minimum atomic E-state index is -1.18. The highest BCUT2D eigenvalue weighted by molar-refractivity contribution is 6.11. The van der Waals surface area contributed by atoms with Crippen LogP contribution in [0.3, 0.4) is 0 Å². The zero-order valence-electron chi connectivity index (χ0n) is 7.31. The number of urea groups is 1. The minimum absolute atomic E-state index is 0.0562. The SMILES string of the molecule is CNC(=O)NC1=NNC=N[C@@H]1C(=O)O. The molecule has 0 bridgehead atoms.